The second-order valence-corrected chi connectivity index (χ2v) is 4.03. The minimum Gasteiger partial charge on any atom is -0.371 e. The second kappa shape index (κ2) is 4.97. The average Bonchev–Trinajstić information content (AvgIpc) is 2.17. The molecule has 0 aliphatic rings. The lowest BCUT2D eigenvalue weighted by Crippen LogP contribution is -2.23. The molecule has 0 atom stereocenters. The van der Waals surface area contributed by atoms with Crippen LogP contribution in [0.3, 0.4) is 0 Å². The maximum Gasteiger partial charge on any atom is 0.0724 e. The lowest BCUT2D eigenvalue weighted by Gasteiger charge is -2.23. The van der Waals surface area contributed by atoms with Gasteiger partial charge in [-0.05, 0) is 25.8 Å². The smallest absolute Gasteiger partial charge is 0.0724 e. The molecule has 0 fully saturated rings. The summed E-state index contributed by atoms with van der Waals surface area (Å²) in [7, 11) is 0. The van der Waals surface area contributed by atoms with Crippen molar-refractivity contribution in [3.8, 4) is 0 Å². The molecule has 0 spiro atoms. The summed E-state index contributed by atoms with van der Waals surface area (Å²) in [4.78, 5) is 0. The molecule has 0 N–H and O–H groups in total. The summed E-state index contributed by atoms with van der Waals surface area (Å²) in [6.45, 7) is 8.55. The molecule has 0 radical (unpaired) electrons. The number of rotatable bonds is 5. The highest BCUT2D eigenvalue weighted by molar-refractivity contribution is 5.13. The standard InChI is InChI=1S/C13H18O/c1-4-10-13(2,3)14-11-12-8-6-5-7-9-12/h4-9H,1,10-11H2,2-3H3. The Balaban J connectivity index is 2.44. The minimum absolute atomic E-state index is 0.114. The van der Waals surface area contributed by atoms with Crippen molar-refractivity contribution in [2.24, 2.45) is 0 Å². The van der Waals surface area contributed by atoms with Crippen molar-refractivity contribution >= 4 is 0 Å². The molecular weight excluding hydrogens is 172 g/mol. The Labute approximate surface area is 86.4 Å². The van der Waals surface area contributed by atoms with Crippen LogP contribution in [-0.2, 0) is 11.3 Å². The van der Waals surface area contributed by atoms with Crippen molar-refractivity contribution in [1.82, 2.24) is 0 Å². The molecule has 0 aliphatic carbocycles. The number of hydrogen-bond acceptors (Lipinski definition) is 1. The molecule has 76 valence electrons. The minimum atomic E-state index is -0.114. The SMILES string of the molecule is C=CCC(C)(C)OCc1ccccc1. The Morgan fingerprint density at radius 3 is 2.50 bits per heavy atom. The van der Waals surface area contributed by atoms with Crippen LogP contribution in [0.1, 0.15) is 25.8 Å². The van der Waals surface area contributed by atoms with Crippen molar-refractivity contribution in [1.29, 1.82) is 0 Å². The maximum absolute atomic E-state index is 5.78. The highest BCUT2D eigenvalue weighted by atomic mass is 16.5. The van der Waals surface area contributed by atoms with Crippen molar-refractivity contribution in [3.63, 3.8) is 0 Å². The molecule has 1 rings (SSSR count). The molecule has 1 heteroatoms. The van der Waals surface area contributed by atoms with E-state index in [9.17, 15) is 0 Å². The first-order valence-electron chi connectivity index (χ1n) is 4.93. The summed E-state index contributed by atoms with van der Waals surface area (Å²) in [6.07, 6.45) is 2.77. The zero-order chi connectivity index (χ0) is 10.4. The van der Waals surface area contributed by atoms with Crippen LogP contribution in [0.5, 0.6) is 0 Å². The van der Waals surface area contributed by atoms with Crippen molar-refractivity contribution in [3.05, 3.63) is 48.6 Å². The molecule has 0 saturated carbocycles. The van der Waals surface area contributed by atoms with Crippen LogP contribution in [0.25, 0.3) is 0 Å². The Bertz CT molecular complexity index is 275. The van der Waals surface area contributed by atoms with Gasteiger partial charge in [0, 0.05) is 0 Å². The second-order valence-electron chi connectivity index (χ2n) is 4.03. The average molecular weight is 190 g/mol. The van der Waals surface area contributed by atoms with Crippen LogP contribution in [0.2, 0.25) is 0 Å². The van der Waals surface area contributed by atoms with E-state index in [0.717, 1.165) is 6.42 Å². The molecular formula is C13H18O. The van der Waals surface area contributed by atoms with E-state index < -0.39 is 0 Å². The third-order valence-electron chi connectivity index (χ3n) is 2.11. The van der Waals surface area contributed by atoms with Crippen LogP contribution >= 0.6 is 0 Å². The summed E-state index contributed by atoms with van der Waals surface area (Å²) >= 11 is 0. The van der Waals surface area contributed by atoms with E-state index in [2.05, 4.69) is 32.6 Å². The summed E-state index contributed by atoms with van der Waals surface area (Å²) in [5.74, 6) is 0. The molecule has 0 aromatic heterocycles. The first-order chi connectivity index (χ1) is 6.64. The van der Waals surface area contributed by atoms with E-state index in [4.69, 9.17) is 4.74 Å². The van der Waals surface area contributed by atoms with Gasteiger partial charge in [-0.3, -0.25) is 0 Å². The lowest BCUT2D eigenvalue weighted by molar-refractivity contribution is -0.0267. The summed E-state index contributed by atoms with van der Waals surface area (Å²) < 4.78 is 5.78. The third-order valence-corrected chi connectivity index (χ3v) is 2.11. The van der Waals surface area contributed by atoms with Gasteiger partial charge >= 0.3 is 0 Å². The number of hydrogen-bond donors (Lipinski definition) is 0. The molecule has 0 saturated heterocycles. The highest BCUT2D eigenvalue weighted by Crippen LogP contribution is 2.17. The van der Waals surface area contributed by atoms with Gasteiger partial charge < -0.3 is 4.74 Å². The van der Waals surface area contributed by atoms with Crippen molar-refractivity contribution < 1.29 is 4.74 Å². The molecule has 1 nitrogen and oxygen atoms in total. The normalized spacial score (nSPS) is 11.3. The maximum atomic E-state index is 5.78. The van der Waals surface area contributed by atoms with Gasteiger partial charge in [0.25, 0.3) is 0 Å². The van der Waals surface area contributed by atoms with Gasteiger partial charge in [0.1, 0.15) is 0 Å². The fraction of sp³-hybridized carbons (Fsp3) is 0.385. The Kier molecular flexibility index (Phi) is 3.90. The zero-order valence-electron chi connectivity index (χ0n) is 8.99. The molecule has 0 bridgehead atoms. The predicted molar refractivity (Wildman–Crippen MR) is 60.1 cm³/mol. The van der Waals surface area contributed by atoms with Gasteiger partial charge in [-0.1, -0.05) is 36.4 Å². The zero-order valence-corrected chi connectivity index (χ0v) is 8.99. The van der Waals surface area contributed by atoms with Gasteiger partial charge in [-0.2, -0.15) is 0 Å². The van der Waals surface area contributed by atoms with Crippen LogP contribution < -0.4 is 0 Å². The fourth-order valence-corrected chi connectivity index (χ4v) is 1.26. The van der Waals surface area contributed by atoms with Crippen molar-refractivity contribution in [2.75, 3.05) is 0 Å². The molecule has 1 aromatic rings. The van der Waals surface area contributed by atoms with Crippen LogP contribution in [0.4, 0.5) is 0 Å². The monoisotopic (exact) mass is 190 g/mol. The van der Waals surface area contributed by atoms with E-state index in [-0.39, 0.29) is 5.60 Å². The summed E-state index contributed by atoms with van der Waals surface area (Å²) in [5.41, 5.74) is 1.10. The largest absolute Gasteiger partial charge is 0.371 e. The Morgan fingerprint density at radius 1 is 1.29 bits per heavy atom. The quantitative estimate of drug-likeness (QED) is 0.645. The summed E-state index contributed by atoms with van der Waals surface area (Å²) in [6, 6.07) is 10.2. The number of benzene rings is 1. The third kappa shape index (κ3) is 3.75. The molecule has 0 aliphatic heterocycles. The van der Waals surface area contributed by atoms with Crippen molar-refractivity contribution in [2.45, 2.75) is 32.5 Å². The first kappa shape index (κ1) is 11.0. The Hall–Kier alpha value is -1.08. The van der Waals surface area contributed by atoms with Gasteiger partial charge in [0.2, 0.25) is 0 Å². The van der Waals surface area contributed by atoms with Gasteiger partial charge in [0.05, 0.1) is 12.2 Å². The molecule has 0 heterocycles. The predicted octanol–water partition coefficient (Wildman–Crippen LogP) is 3.56. The van der Waals surface area contributed by atoms with E-state index >= 15 is 0 Å². The van der Waals surface area contributed by atoms with Crippen LogP contribution in [0, 0.1) is 0 Å². The van der Waals surface area contributed by atoms with E-state index in [1.807, 2.05) is 24.3 Å². The lowest BCUT2D eigenvalue weighted by atomic mass is 10.1. The molecule has 0 unspecified atom stereocenters. The van der Waals surface area contributed by atoms with Crippen LogP contribution in [0.15, 0.2) is 43.0 Å². The number of ether oxygens (including phenoxy) is 1. The fourth-order valence-electron chi connectivity index (χ4n) is 1.26. The summed E-state index contributed by atoms with van der Waals surface area (Å²) in [5, 5.41) is 0. The Morgan fingerprint density at radius 2 is 1.93 bits per heavy atom. The van der Waals surface area contributed by atoms with E-state index in [1.165, 1.54) is 5.56 Å². The van der Waals surface area contributed by atoms with Gasteiger partial charge in [-0.15, -0.1) is 6.58 Å². The molecule has 1 aromatic carbocycles. The first-order valence-corrected chi connectivity index (χ1v) is 4.93. The molecule has 0 amide bonds. The molecule has 14 heavy (non-hydrogen) atoms. The highest BCUT2D eigenvalue weighted by Gasteiger charge is 2.15. The van der Waals surface area contributed by atoms with Crippen LogP contribution in [-0.4, -0.2) is 5.60 Å². The van der Waals surface area contributed by atoms with Gasteiger partial charge in [0.15, 0.2) is 0 Å². The van der Waals surface area contributed by atoms with E-state index in [1.54, 1.807) is 0 Å². The van der Waals surface area contributed by atoms with Gasteiger partial charge in [-0.25, -0.2) is 0 Å². The van der Waals surface area contributed by atoms with E-state index in [0.29, 0.717) is 6.61 Å². The topological polar surface area (TPSA) is 9.23 Å².